The van der Waals surface area contributed by atoms with Crippen LogP contribution in [0.4, 0.5) is 4.79 Å². The topological polar surface area (TPSA) is 59.0 Å². The van der Waals surface area contributed by atoms with Gasteiger partial charge in [-0.3, -0.25) is 0 Å². The molecule has 0 radical (unpaired) electrons. The highest BCUT2D eigenvalue weighted by Crippen LogP contribution is 2.27. The Hall–Kier alpha value is -2.07. The Labute approximate surface area is 118 Å². The maximum Gasteiger partial charge on any atom is 0.365 e. The van der Waals surface area contributed by atoms with E-state index in [1.807, 2.05) is 25.1 Å². The Morgan fingerprint density at radius 1 is 1.26 bits per heavy atom. The van der Waals surface area contributed by atoms with E-state index in [0.717, 1.165) is 5.69 Å². The summed E-state index contributed by atoms with van der Waals surface area (Å²) in [5.74, 6) is 0. The molecule has 0 aromatic carbocycles. The molecule has 2 amide bonds. The molecule has 0 spiro atoms. The Kier molecular flexibility index (Phi) is 5.33. The molecule has 0 fully saturated rings. The van der Waals surface area contributed by atoms with Gasteiger partial charge in [-0.25, -0.2) is 4.79 Å². The van der Waals surface area contributed by atoms with Crippen LogP contribution in [0.5, 0.6) is 0 Å². The molecule has 3 rings (SSSR count). The lowest BCUT2D eigenvalue weighted by Crippen LogP contribution is -3.00. The minimum absolute atomic E-state index is 0. The van der Waals surface area contributed by atoms with E-state index in [9.17, 15) is 4.79 Å². The lowest BCUT2D eigenvalue weighted by molar-refractivity contribution is -0.647. The van der Waals surface area contributed by atoms with Crippen molar-refractivity contribution in [3.05, 3.63) is 65.5 Å². The van der Waals surface area contributed by atoms with Gasteiger partial charge in [-0.05, 0) is 23.6 Å². The van der Waals surface area contributed by atoms with E-state index >= 15 is 0 Å². The van der Waals surface area contributed by atoms with Crippen molar-refractivity contribution in [1.29, 1.82) is 0 Å². The van der Waals surface area contributed by atoms with Crippen LogP contribution in [0, 0.1) is 6.92 Å². The third kappa shape index (κ3) is 4.26. The van der Waals surface area contributed by atoms with Crippen LogP contribution in [0.1, 0.15) is 12.1 Å². The normalized spacial score (nSPS) is 13.7. The fraction of sp³-hybridized carbons (Fsp3) is 0.143. The Bertz CT molecular complexity index is 542. The van der Waals surface area contributed by atoms with Gasteiger partial charge in [-0.15, -0.1) is 5.43 Å². The molecule has 1 heterocycles. The lowest BCUT2D eigenvalue weighted by Gasteiger charge is -1.95. The summed E-state index contributed by atoms with van der Waals surface area (Å²) < 4.78 is 1.56. The van der Waals surface area contributed by atoms with Crippen LogP contribution in [0.2, 0.25) is 0 Å². The summed E-state index contributed by atoms with van der Waals surface area (Å²) in [5.41, 5.74) is 11.2. The van der Waals surface area contributed by atoms with Crippen LogP contribution < -0.4 is 28.2 Å². The number of nitrogens with one attached hydrogen (secondary N) is 1. The van der Waals surface area contributed by atoms with Crippen LogP contribution in [-0.2, 0) is 0 Å². The van der Waals surface area contributed by atoms with E-state index in [0.29, 0.717) is 0 Å². The molecule has 4 nitrogen and oxygen atoms in total. The van der Waals surface area contributed by atoms with Gasteiger partial charge >= 0.3 is 6.03 Å². The molecular weight excluding hydrogens is 262 g/mol. The van der Waals surface area contributed by atoms with Gasteiger partial charge in [0.2, 0.25) is 5.69 Å². The SMILES string of the molecule is C1=CC2=CC=C1C2.Cc1cccc[n+]1NC(N)=O.[Cl-]. The number of amides is 2. The van der Waals surface area contributed by atoms with Gasteiger partial charge in [0.1, 0.15) is 0 Å². The molecule has 0 atom stereocenters. The van der Waals surface area contributed by atoms with Crippen LogP contribution in [0.15, 0.2) is 59.8 Å². The average molecular weight is 278 g/mol. The zero-order valence-corrected chi connectivity index (χ0v) is 11.4. The number of carbonyl (C=O) groups is 1. The number of aryl methyl sites for hydroxylation is 1. The first kappa shape index (κ1) is 15.0. The van der Waals surface area contributed by atoms with Gasteiger partial charge < -0.3 is 18.1 Å². The summed E-state index contributed by atoms with van der Waals surface area (Å²) in [6.45, 7) is 1.87. The number of pyridine rings is 1. The summed E-state index contributed by atoms with van der Waals surface area (Å²) in [4.78, 5) is 10.4. The molecular formula is C14H16ClN3O. The van der Waals surface area contributed by atoms with Crippen molar-refractivity contribution in [1.82, 2.24) is 0 Å². The molecule has 0 unspecified atom stereocenters. The van der Waals surface area contributed by atoms with Crippen LogP contribution >= 0.6 is 0 Å². The fourth-order valence-electron chi connectivity index (χ4n) is 1.78. The second-order valence-electron chi connectivity index (χ2n) is 4.18. The van der Waals surface area contributed by atoms with Gasteiger partial charge in [0.05, 0.1) is 0 Å². The number of urea groups is 1. The van der Waals surface area contributed by atoms with Crippen molar-refractivity contribution in [3.63, 3.8) is 0 Å². The summed E-state index contributed by atoms with van der Waals surface area (Å²) >= 11 is 0. The highest BCUT2D eigenvalue weighted by molar-refractivity contribution is 5.77. The van der Waals surface area contributed by atoms with Crippen LogP contribution in [-0.4, -0.2) is 6.03 Å². The number of halogens is 1. The molecule has 5 heteroatoms. The third-order valence-electron chi connectivity index (χ3n) is 2.73. The van der Waals surface area contributed by atoms with Gasteiger partial charge in [-0.1, -0.05) is 29.0 Å². The fourth-order valence-corrected chi connectivity index (χ4v) is 1.78. The Balaban J connectivity index is 0.000000194. The zero-order chi connectivity index (χ0) is 13.0. The molecule has 0 saturated heterocycles. The summed E-state index contributed by atoms with van der Waals surface area (Å²) in [6, 6.07) is 5.00. The molecule has 1 aromatic rings. The van der Waals surface area contributed by atoms with E-state index in [1.54, 1.807) is 10.9 Å². The monoisotopic (exact) mass is 277 g/mol. The standard InChI is InChI=1S/C7H9N3O.C7H6.ClH/c1-6-4-2-3-5-10(6)9-7(8)11;1-2-7-4-3-6(1)5-7;/h2-5H,1H3,(H2-,8,9,11);1-4H,5H2;1H. The number of nitrogens with zero attached hydrogens (tertiary/aromatic N) is 1. The zero-order valence-electron chi connectivity index (χ0n) is 10.6. The van der Waals surface area contributed by atoms with Crippen molar-refractivity contribution < 1.29 is 21.9 Å². The number of allylic oxidation sites excluding steroid dienone is 6. The second-order valence-corrected chi connectivity index (χ2v) is 4.18. The second kappa shape index (κ2) is 6.75. The van der Waals surface area contributed by atoms with E-state index < -0.39 is 6.03 Å². The van der Waals surface area contributed by atoms with Crippen molar-refractivity contribution in [2.24, 2.45) is 5.73 Å². The summed E-state index contributed by atoms with van der Waals surface area (Å²) in [7, 11) is 0. The number of hydrogen-bond donors (Lipinski definition) is 2. The lowest BCUT2D eigenvalue weighted by atomic mass is 10.3. The predicted molar refractivity (Wildman–Crippen MR) is 70.2 cm³/mol. The van der Waals surface area contributed by atoms with Gasteiger partial charge in [0.25, 0.3) is 0 Å². The average Bonchev–Trinajstić information content (AvgIpc) is 2.97. The molecule has 100 valence electrons. The van der Waals surface area contributed by atoms with Gasteiger partial charge in [0, 0.05) is 19.1 Å². The van der Waals surface area contributed by atoms with Crippen molar-refractivity contribution in [3.8, 4) is 0 Å². The predicted octanol–water partition coefficient (Wildman–Crippen LogP) is -1.28. The number of nitrogens with two attached hydrogens (primary N) is 1. The summed E-state index contributed by atoms with van der Waals surface area (Å²) in [6.07, 6.45) is 11.6. The van der Waals surface area contributed by atoms with E-state index in [-0.39, 0.29) is 12.4 Å². The van der Waals surface area contributed by atoms with E-state index in [1.165, 1.54) is 17.6 Å². The number of carbonyl (C=O) groups excluding carboxylic acids is 1. The van der Waals surface area contributed by atoms with Crippen LogP contribution in [0.3, 0.4) is 0 Å². The highest BCUT2D eigenvalue weighted by atomic mass is 35.5. The molecule has 3 N–H and O–H groups in total. The molecule has 2 bridgehead atoms. The minimum Gasteiger partial charge on any atom is -1.00 e. The largest absolute Gasteiger partial charge is 1.00 e. The number of rotatable bonds is 1. The first-order chi connectivity index (χ1) is 8.65. The van der Waals surface area contributed by atoms with E-state index in [4.69, 9.17) is 5.73 Å². The molecule has 1 aromatic heterocycles. The van der Waals surface area contributed by atoms with Gasteiger partial charge in [0.15, 0.2) is 6.20 Å². The summed E-state index contributed by atoms with van der Waals surface area (Å²) in [5, 5.41) is 0. The Morgan fingerprint density at radius 3 is 2.26 bits per heavy atom. The number of aromatic nitrogens is 1. The first-order valence-corrected chi connectivity index (χ1v) is 5.77. The Morgan fingerprint density at radius 2 is 1.89 bits per heavy atom. The van der Waals surface area contributed by atoms with Crippen LogP contribution in [0.25, 0.3) is 0 Å². The molecule has 2 aliphatic rings. The van der Waals surface area contributed by atoms with Crippen molar-refractivity contribution >= 4 is 6.03 Å². The first-order valence-electron chi connectivity index (χ1n) is 5.77. The quantitative estimate of drug-likeness (QED) is 0.618. The highest BCUT2D eigenvalue weighted by Gasteiger charge is 2.07. The molecule has 2 aliphatic carbocycles. The number of fused-ring (bicyclic) bond motifs is 2. The van der Waals surface area contributed by atoms with Gasteiger partial charge in [-0.2, -0.15) is 0 Å². The minimum atomic E-state index is -0.565. The number of primary amides is 1. The third-order valence-corrected chi connectivity index (χ3v) is 2.73. The van der Waals surface area contributed by atoms with Crippen molar-refractivity contribution in [2.45, 2.75) is 13.3 Å². The van der Waals surface area contributed by atoms with Crippen molar-refractivity contribution in [2.75, 3.05) is 5.43 Å². The maximum atomic E-state index is 10.4. The molecule has 0 aliphatic heterocycles. The molecule has 19 heavy (non-hydrogen) atoms. The maximum absolute atomic E-state index is 10.4. The molecule has 0 saturated carbocycles. The van der Waals surface area contributed by atoms with E-state index in [2.05, 4.69) is 29.7 Å². The smallest absolute Gasteiger partial charge is 0.365 e. The number of hydrogen-bond acceptors (Lipinski definition) is 1.